The van der Waals surface area contributed by atoms with Gasteiger partial charge in [-0.25, -0.2) is 0 Å². The number of hydrogen-bond donors (Lipinski definition) is 1. The second-order valence-electron chi connectivity index (χ2n) is 7.06. The van der Waals surface area contributed by atoms with E-state index in [2.05, 4.69) is 15.5 Å². The molecule has 0 spiro atoms. The van der Waals surface area contributed by atoms with Crippen molar-refractivity contribution in [3.63, 3.8) is 0 Å². The molecule has 0 radical (unpaired) electrons. The SMILES string of the molecule is O=C(CCc1nc(-c2ccco2)no1)NCc1ccc(COCc2ccccc2)cc1. The summed E-state index contributed by atoms with van der Waals surface area (Å²) in [6.07, 6.45) is 2.19. The van der Waals surface area contributed by atoms with Crippen LogP contribution in [0.2, 0.25) is 0 Å². The largest absolute Gasteiger partial charge is 0.461 e. The number of rotatable bonds is 10. The minimum absolute atomic E-state index is 0.0759. The number of ether oxygens (including phenoxy) is 1. The summed E-state index contributed by atoms with van der Waals surface area (Å²) in [7, 11) is 0. The molecule has 0 aliphatic rings. The molecular formula is C24H23N3O4. The summed E-state index contributed by atoms with van der Waals surface area (Å²) in [5.41, 5.74) is 3.27. The Hall–Kier alpha value is -3.71. The van der Waals surface area contributed by atoms with E-state index in [4.69, 9.17) is 13.7 Å². The van der Waals surface area contributed by atoms with Gasteiger partial charge in [0.15, 0.2) is 5.76 Å². The third-order valence-corrected chi connectivity index (χ3v) is 4.67. The maximum Gasteiger partial charge on any atom is 0.238 e. The monoisotopic (exact) mass is 417 g/mol. The summed E-state index contributed by atoms with van der Waals surface area (Å²) >= 11 is 0. The first-order valence-corrected chi connectivity index (χ1v) is 10.1. The number of aryl methyl sites for hydroxylation is 1. The first-order valence-electron chi connectivity index (χ1n) is 10.1. The lowest BCUT2D eigenvalue weighted by Gasteiger charge is -2.07. The molecule has 2 aromatic heterocycles. The van der Waals surface area contributed by atoms with E-state index >= 15 is 0 Å². The van der Waals surface area contributed by atoms with Crippen molar-refractivity contribution in [2.45, 2.75) is 32.6 Å². The fourth-order valence-electron chi connectivity index (χ4n) is 2.99. The van der Waals surface area contributed by atoms with E-state index in [0.717, 1.165) is 16.7 Å². The van der Waals surface area contributed by atoms with Crippen LogP contribution in [0.15, 0.2) is 81.9 Å². The van der Waals surface area contributed by atoms with Gasteiger partial charge in [-0.15, -0.1) is 0 Å². The second-order valence-corrected chi connectivity index (χ2v) is 7.06. The van der Waals surface area contributed by atoms with Crippen LogP contribution < -0.4 is 5.32 Å². The number of carbonyl (C=O) groups excluding carboxylic acids is 1. The number of nitrogens with zero attached hydrogens (tertiary/aromatic N) is 2. The lowest BCUT2D eigenvalue weighted by atomic mass is 10.1. The highest BCUT2D eigenvalue weighted by atomic mass is 16.5. The zero-order valence-corrected chi connectivity index (χ0v) is 17.0. The van der Waals surface area contributed by atoms with Crippen LogP contribution >= 0.6 is 0 Å². The minimum atomic E-state index is -0.0759. The predicted molar refractivity (Wildman–Crippen MR) is 114 cm³/mol. The Balaban J connectivity index is 1.16. The van der Waals surface area contributed by atoms with Crippen LogP contribution in [0.25, 0.3) is 11.6 Å². The van der Waals surface area contributed by atoms with Crippen LogP contribution in [0.5, 0.6) is 0 Å². The van der Waals surface area contributed by atoms with Gasteiger partial charge in [0, 0.05) is 19.4 Å². The molecule has 0 saturated carbocycles. The van der Waals surface area contributed by atoms with Crippen LogP contribution in [0, 0.1) is 0 Å². The predicted octanol–water partition coefficient (Wildman–Crippen LogP) is 4.30. The lowest BCUT2D eigenvalue weighted by Crippen LogP contribution is -2.23. The van der Waals surface area contributed by atoms with Crippen molar-refractivity contribution in [2.75, 3.05) is 0 Å². The first-order chi connectivity index (χ1) is 15.3. The number of carbonyl (C=O) groups is 1. The van der Waals surface area contributed by atoms with Gasteiger partial charge in [0.25, 0.3) is 0 Å². The second kappa shape index (κ2) is 10.4. The van der Waals surface area contributed by atoms with Crippen molar-refractivity contribution < 1.29 is 18.5 Å². The highest BCUT2D eigenvalue weighted by Crippen LogP contribution is 2.16. The summed E-state index contributed by atoms with van der Waals surface area (Å²) in [6, 6.07) is 21.6. The molecule has 0 aliphatic heterocycles. The third kappa shape index (κ3) is 6.13. The standard InChI is InChI=1S/C24H23N3O4/c28-22(12-13-23-26-24(27-31-23)21-7-4-14-30-21)25-15-18-8-10-20(11-9-18)17-29-16-19-5-2-1-3-6-19/h1-11,14H,12-13,15-17H2,(H,25,28). The van der Waals surface area contributed by atoms with E-state index in [1.165, 1.54) is 0 Å². The Morgan fingerprint density at radius 1 is 0.903 bits per heavy atom. The average Bonchev–Trinajstić information content (AvgIpc) is 3.50. The number of furan rings is 1. The van der Waals surface area contributed by atoms with Gasteiger partial charge in [0.2, 0.25) is 17.6 Å². The Morgan fingerprint density at radius 3 is 2.39 bits per heavy atom. The topological polar surface area (TPSA) is 90.4 Å². The van der Waals surface area contributed by atoms with Crippen molar-refractivity contribution in [1.29, 1.82) is 0 Å². The van der Waals surface area contributed by atoms with E-state index in [1.54, 1.807) is 18.4 Å². The van der Waals surface area contributed by atoms with E-state index in [0.29, 0.717) is 43.7 Å². The fraction of sp³-hybridized carbons (Fsp3) is 0.208. The number of aromatic nitrogens is 2. The summed E-state index contributed by atoms with van der Waals surface area (Å²) < 4.78 is 16.1. The Labute approximate surface area is 180 Å². The molecule has 4 rings (SSSR count). The molecule has 0 fully saturated rings. The summed E-state index contributed by atoms with van der Waals surface area (Å²) in [5, 5.41) is 6.76. The minimum Gasteiger partial charge on any atom is -0.461 e. The zero-order valence-electron chi connectivity index (χ0n) is 17.0. The third-order valence-electron chi connectivity index (χ3n) is 4.67. The number of amides is 1. The van der Waals surface area contributed by atoms with Gasteiger partial charge >= 0.3 is 0 Å². The van der Waals surface area contributed by atoms with Crippen molar-refractivity contribution in [1.82, 2.24) is 15.5 Å². The molecule has 4 aromatic rings. The van der Waals surface area contributed by atoms with Crippen molar-refractivity contribution >= 4 is 5.91 Å². The molecule has 7 nitrogen and oxygen atoms in total. The highest BCUT2D eigenvalue weighted by molar-refractivity contribution is 5.76. The van der Waals surface area contributed by atoms with E-state index in [9.17, 15) is 4.79 Å². The van der Waals surface area contributed by atoms with Gasteiger partial charge in [0.05, 0.1) is 19.5 Å². The summed E-state index contributed by atoms with van der Waals surface area (Å²) in [6.45, 7) is 1.60. The van der Waals surface area contributed by atoms with Crippen LogP contribution in [0.3, 0.4) is 0 Å². The molecule has 31 heavy (non-hydrogen) atoms. The van der Waals surface area contributed by atoms with Crippen molar-refractivity contribution in [3.05, 3.63) is 95.6 Å². The molecule has 1 N–H and O–H groups in total. The first kappa shape index (κ1) is 20.6. The molecule has 1 amide bonds. The molecule has 0 saturated heterocycles. The van der Waals surface area contributed by atoms with Gasteiger partial charge in [0.1, 0.15) is 0 Å². The zero-order chi connectivity index (χ0) is 21.3. The number of benzene rings is 2. The van der Waals surface area contributed by atoms with Crippen LogP contribution in [-0.2, 0) is 35.7 Å². The molecule has 7 heteroatoms. The van der Waals surface area contributed by atoms with Crippen LogP contribution in [0.1, 0.15) is 29.0 Å². The number of nitrogens with one attached hydrogen (secondary N) is 1. The molecule has 2 aromatic carbocycles. The van der Waals surface area contributed by atoms with Crippen LogP contribution in [-0.4, -0.2) is 16.0 Å². The summed E-state index contributed by atoms with van der Waals surface area (Å²) in [5.74, 6) is 1.25. The smallest absolute Gasteiger partial charge is 0.238 e. The Kier molecular flexibility index (Phi) is 6.87. The number of hydrogen-bond acceptors (Lipinski definition) is 6. The molecule has 0 unspecified atom stereocenters. The van der Waals surface area contributed by atoms with E-state index < -0.39 is 0 Å². The average molecular weight is 417 g/mol. The molecule has 0 aliphatic carbocycles. The van der Waals surface area contributed by atoms with Gasteiger partial charge in [-0.1, -0.05) is 59.8 Å². The van der Waals surface area contributed by atoms with Crippen LogP contribution in [0.4, 0.5) is 0 Å². The van der Waals surface area contributed by atoms with E-state index in [1.807, 2.05) is 54.6 Å². The molecule has 0 bridgehead atoms. The van der Waals surface area contributed by atoms with Crippen molar-refractivity contribution in [2.24, 2.45) is 0 Å². The lowest BCUT2D eigenvalue weighted by molar-refractivity contribution is -0.121. The van der Waals surface area contributed by atoms with E-state index in [-0.39, 0.29) is 12.3 Å². The fourth-order valence-corrected chi connectivity index (χ4v) is 2.99. The molecule has 0 atom stereocenters. The van der Waals surface area contributed by atoms with Gasteiger partial charge in [-0.2, -0.15) is 4.98 Å². The van der Waals surface area contributed by atoms with Crippen molar-refractivity contribution in [3.8, 4) is 11.6 Å². The van der Waals surface area contributed by atoms with Gasteiger partial charge in [-0.05, 0) is 28.8 Å². The maximum atomic E-state index is 12.1. The summed E-state index contributed by atoms with van der Waals surface area (Å²) in [4.78, 5) is 16.4. The molecule has 2 heterocycles. The van der Waals surface area contributed by atoms with Gasteiger partial charge < -0.3 is 19.0 Å². The maximum absolute atomic E-state index is 12.1. The quantitative estimate of drug-likeness (QED) is 0.414. The Bertz CT molecular complexity index is 1070. The van der Waals surface area contributed by atoms with Gasteiger partial charge in [-0.3, -0.25) is 4.79 Å². The normalized spacial score (nSPS) is 10.8. The molecule has 158 valence electrons. The highest BCUT2D eigenvalue weighted by Gasteiger charge is 2.12. The molecular weight excluding hydrogens is 394 g/mol. The Morgan fingerprint density at radius 2 is 1.65 bits per heavy atom.